The number of methoxy groups -OCH3 is 1. The molecule has 6 heteroatoms. The van der Waals surface area contributed by atoms with Gasteiger partial charge in [0.25, 0.3) is 5.91 Å². The van der Waals surface area contributed by atoms with Crippen LogP contribution < -0.4 is 10.1 Å². The summed E-state index contributed by atoms with van der Waals surface area (Å²) in [7, 11) is 1.63. The van der Waals surface area contributed by atoms with E-state index in [4.69, 9.17) is 27.9 Å². The third kappa shape index (κ3) is 2.58. The Hall–Kier alpha value is -2.43. The quantitative estimate of drug-likeness (QED) is 0.600. The van der Waals surface area contributed by atoms with Crippen molar-refractivity contribution in [2.24, 2.45) is 0 Å². The van der Waals surface area contributed by atoms with Crippen molar-refractivity contribution in [3.8, 4) is 5.75 Å². The molecule has 0 atom stereocenters. The summed E-state index contributed by atoms with van der Waals surface area (Å²) in [6.45, 7) is 1.97. The summed E-state index contributed by atoms with van der Waals surface area (Å²) < 4.78 is 5.41. The van der Waals surface area contributed by atoms with E-state index in [-0.39, 0.29) is 5.91 Å². The van der Waals surface area contributed by atoms with Gasteiger partial charge in [-0.05, 0) is 48.9 Å². The summed E-state index contributed by atoms with van der Waals surface area (Å²) in [5.74, 6) is 0.587. The molecule has 25 heavy (non-hydrogen) atoms. The molecule has 4 nitrogen and oxygen atoms in total. The molecule has 1 aliphatic rings. The van der Waals surface area contributed by atoms with Crippen LogP contribution in [0.3, 0.4) is 0 Å². The summed E-state index contributed by atoms with van der Waals surface area (Å²) in [4.78, 5) is 15.5. The first kappa shape index (κ1) is 16.1. The fourth-order valence-electron chi connectivity index (χ4n) is 3.13. The molecule has 2 N–H and O–H groups in total. The Morgan fingerprint density at radius 1 is 1.16 bits per heavy atom. The van der Waals surface area contributed by atoms with E-state index < -0.39 is 0 Å². The van der Waals surface area contributed by atoms with Gasteiger partial charge in [0.05, 0.1) is 7.11 Å². The monoisotopic (exact) mass is 372 g/mol. The van der Waals surface area contributed by atoms with Gasteiger partial charge in [-0.3, -0.25) is 4.79 Å². The molecule has 0 saturated carbocycles. The highest BCUT2D eigenvalue weighted by atomic mass is 35.5. The molecular formula is C19H14Cl2N2O2. The number of H-pyrrole nitrogens is 1. The standard InChI is InChI=1S/C19H14Cl2N2O2/c1-9-5-16-12(8-17(9)25-2)13(18(21)22-16)7-14-11-6-10(20)3-4-15(11)23-19(14)24/h3-8,22H,1-2H3,(H,23,24)/b14-7+. The Labute approximate surface area is 154 Å². The second-order valence-corrected chi connectivity index (χ2v) is 6.74. The van der Waals surface area contributed by atoms with E-state index in [2.05, 4.69) is 10.3 Å². The predicted molar refractivity (Wildman–Crippen MR) is 103 cm³/mol. The smallest absolute Gasteiger partial charge is 0.256 e. The molecule has 0 bridgehead atoms. The Balaban J connectivity index is 1.94. The molecule has 1 amide bonds. The average molecular weight is 373 g/mol. The van der Waals surface area contributed by atoms with Gasteiger partial charge in [-0.2, -0.15) is 0 Å². The fraction of sp³-hybridized carbons (Fsp3) is 0.105. The van der Waals surface area contributed by atoms with Crippen molar-refractivity contribution in [3.63, 3.8) is 0 Å². The van der Waals surface area contributed by atoms with Gasteiger partial charge in [0.1, 0.15) is 10.9 Å². The van der Waals surface area contributed by atoms with Crippen LogP contribution in [0.4, 0.5) is 5.69 Å². The van der Waals surface area contributed by atoms with E-state index in [0.29, 0.717) is 15.7 Å². The highest BCUT2D eigenvalue weighted by molar-refractivity contribution is 6.39. The van der Waals surface area contributed by atoms with Gasteiger partial charge in [-0.15, -0.1) is 0 Å². The molecule has 2 heterocycles. The lowest BCUT2D eigenvalue weighted by atomic mass is 10.0. The van der Waals surface area contributed by atoms with Crippen LogP contribution in [0.2, 0.25) is 10.2 Å². The number of hydrogen-bond donors (Lipinski definition) is 2. The number of hydrogen-bond acceptors (Lipinski definition) is 2. The van der Waals surface area contributed by atoms with Crippen LogP contribution in [-0.4, -0.2) is 18.0 Å². The molecule has 4 rings (SSSR count). The molecule has 0 spiro atoms. The number of aromatic amines is 1. The van der Waals surface area contributed by atoms with Crippen molar-refractivity contribution >= 4 is 57.3 Å². The molecule has 0 aliphatic carbocycles. The number of carbonyl (C=O) groups is 1. The molecule has 3 aromatic rings. The second-order valence-electron chi connectivity index (χ2n) is 5.92. The first-order valence-electron chi connectivity index (χ1n) is 7.66. The van der Waals surface area contributed by atoms with E-state index >= 15 is 0 Å². The topological polar surface area (TPSA) is 54.1 Å². The molecule has 0 fully saturated rings. The van der Waals surface area contributed by atoms with E-state index in [0.717, 1.165) is 39.0 Å². The van der Waals surface area contributed by atoms with Crippen LogP contribution in [-0.2, 0) is 4.79 Å². The van der Waals surface area contributed by atoms with Gasteiger partial charge < -0.3 is 15.0 Å². The molecule has 126 valence electrons. The first-order valence-corrected chi connectivity index (χ1v) is 8.42. The van der Waals surface area contributed by atoms with Crippen molar-refractivity contribution in [1.29, 1.82) is 0 Å². The summed E-state index contributed by atoms with van der Waals surface area (Å²) >= 11 is 12.5. The lowest BCUT2D eigenvalue weighted by Gasteiger charge is -2.05. The van der Waals surface area contributed by atoms with Crippen LogP contribution in [0.1, 0.15) is 16.7 Å². The number of aryl methyl sites for hydroxylation is 1. The van der Waals surface area contributed by atoms with Crippen LogP contribution in [0, 0.1) is 6.92 Å². The minimum absolute atomic E-state index is 0.179. The number of halogens is 2. The normalized spacial score (nSPS) is 14.9. The molecule has 1 aromatic heterocycles. The zero-order valence-electron chi connectivity index (χ0n) is 13.5. The first-order chi connectivity index (χ1) is 12.0. The van der Waals surface area contributed by atoms with Crippen molar-refractivity contribution < 1.29 is 9.53 Å². The van der Waals surface area contributed by atoms with Gasteiger partial charge in [0.15, 0.2) is 0 Å². The Kier molecular flexibility index (Phi) is 3.74. The molecular weight excluding hydrogens is 359 g/mol. The third-order valence-electron chi connectivity index (χ3n) is 4.36. The number of amides is 1. The summed E-state index contributed by atoms with van der Waals surface area (Å²) in [6, 6.07) is 9.20. The second kappa shape index (κ2) is 5.83. The number of rotatable bonds is 2. The summed E-state index contributed by atoms with van der Waals surface area (Å²) in [5.41, 5.74) is 4.67. The zero-order chi connectivity index (χ0) is 17.7. The number of aromatic nitrogens is 1. The summed E-state index contributed by atoms with van der Waals surface area (Å²) in [5, 5.41) is 4.78. The van der Waals surface area contributed by atoms with E-state index in [1.54, 1.807) is 31.4 Å². The van der Waals surface area contributed by atoms with Crippen LogP contribution >= 0.6 is 23.2 Å². The lowest BCUT2D eigenvalue weighted by Crippen LogP contribution is -2.03. The highest BCUT2D eigenvalue weighted by Crippen LogP contribution is 2.38. The number of carbonyl (C=O) groups excluding carboxylic acids is 1. The van der Waals surface area contributed by atoms with Crippen LogP contribution in [0.5, 0.6) is 5.75 Å². The SMILES string of the molecule is COc1cc2c(/C=C3/C(=O)Nc4ccc(Cl)cc43)c(Cl)[nH]c2cc1C. The van der Waals surface area contributed by atoms with Gasteiger partial charge in [0, 0.05) is 38.3 Å². The van der Waals surface area contributed by atoms with Crippen molar-refractivity contribution in [2.45, 2.75) is 6.92 Å². The minimum Gasteiger partial charge on any atom is -0.496 e. The Morgan fingerprint density at radius 2 is 1.96 bits per heavy atom. The molecule has 0 saturated heterocycles. The number of nitrogens with one attached hydrogen (secondary N) is 2. The molecule has 0 radical (unpaired) electrons. The number of ether oxygens (including phenoxy) is 1. The summed E-state index contributed by atoms with van der Waals surface area (Å²) in [6.07, 6.45) is 1.79. The van der Waals surface area contributed by atoms with E-state index in [9.17, 15) is 4.79 Å². The number of anilines is 1. The number of fused-ring (bicyclic) bond motifs is 2. The molecule has 2 aromatic carbocycles. The Bertz CT molecular complexity index is 1070. The highest BCUT2D eigenvalue weighted by Gasteiger charge is 2.25. The maximum Gasteiger partial charge on any atom is 0.256 e. The van der Waals surface area contributed by atoms with Gasteiger partial charge in [0.2, 0.25) is 0 Å². The van der Waals surface area contributed by atoms with Crippen molar-refractivity contribution in [1.82, 2.24) is 4.98 Å². The van der Waals surface area contributed by atoms with Crippen LogP contribution in [0.15, 0.2) is 30.3 Å². The number of benzene rings is 2. The molecule has 0 unspecified atom stereocenters. The van der Waals surface area contributed by atoms with Crippen molar-refractivity contribution in [2.75, 3.05) is 12.4 Å². The van der Waals surface area contributed by atoms with Gasteiger partial charge in [-0.1, -0.05) is 23.2 Å². The lowest BCUT2D eigenvalue weighted by molar-refractivity contribution is -0.110. The third-order valence-corrected chi connectivity index (χ3v) is 4.89. The average Bonchev–Trinajstić information content (AvgIpc) is 3.04. The fourth-order valence-corrected chi connectivity index (χ4v) is 3.56. The zero-order valence-corrected chi connectivity index (χ0v) is 15.0. The van der Waals surface area contributed by atoms with E-state index in [1.807, 2.05) is 19.1 Å². The van der Waals surface area contributed by atoms with Gasteiger partial charge >= 0.3 is 0 Å². The van der Waals surface area contributed by atoms with Crippen LogP contribution in [0.25, 0.3) is 22.6 Å². The maximum atomic E-state index is 12.4. The minimum atomic E-state index is -0.179. The Morgan fingerprint density at radius 3 is 2.72 bits per heavy atom. The van der Waals surface area contributed by atoms with E-state index in [1.165, 1.54) is 0 Å². The maximum absolute atomic E-state index is 12.4. The largest absolute Gasteiger partial charge is 0.496 e. The van der Waals surface area contributed by atoms with Gasteiger partial charge in [-0.25, -0.2) is 0 Å². The van der Waals surface area contributed by atoms with Crippen molar-refractivity contribution in [3.05, 3.63) is 57.2 Å². The predicted octanol–water partition coefficient (Wildman–Crippen LogP) is 5.28. The molecule has 1 aliphatic heterocycles.